The summed E-state index contributed by atoms with van der Waals surface area (Å²) in [7, 11) is 0. The summed E-state index contributed by atoms with van der Waals surface area (Å²) in [6.07, 6.45) is 0. The van der Waals surface area contributed by atoms with Crippen molar-refractivity contribution in [3.63, 3.8) is 0 Å². The van der Waals surface area contributed by atoms with E-state index in [0.29, 0.717) is 17.7 Å². The van der Waals surface area contributed by atoms with Crippen LogP contribution in [0.4, 0.5) is 0 Å². The molecule has 0 atom stereocenters. The Hall–Kier alpha value is -1.58. The molecule has 0 aliphatic rings. The Balaban J connectivity index is 1.99. The van der Waals surface area contributed by atoms with Gasteiger partial charge in [0.1, 0.15) is 12.4 Å². The molecule has 21 heavy (non-hydrogen) atoms. The van der Waals surface area contributed by atoms with E-state index in [9.17, 15) is 0 Å². The van der Waals surface area contributed by atoms with Crippen molar-refractivity contribution in [3.05, 3.63) is 58.4 Å². The predicted molar refractivity (Wildman–Crippen MR) is 86.7 cm³/mol. The number of aryl methyl sites for hydroxylation is 1. The Morgan fingerprint density at radius 3 is 2.71 bits per heavy atom. The van der Waals surface area contributed by atoms with Crippen molar-refractivity contribution in [2.45, 2.75) is 40.0 Å². The molecule has 0 radical (unpaired) electrons. The van der Waals surface area contributed by atoms with Crippen LogP contribution in [0.25, 0.3) is 0 Å². The summed E-state index contributed by atoms with van der Waals surface area (Å²) in [6.45, 7) is 7.45. The van der Waals surface area contributed by atoms with Crippen LogP contribution >= 0.6 is 11.6 Å². The van der Waals surface area contributed by atoms with Crippen LogP contribution in [0, 0.1) is 6.92 Å². The summed E-state index contributed by atoms with van der Waals surface area (Å²) in [5.41, 5.74) is 3.00. The van der Waals surface area contributed by atoms with Gasteiger partial charge in [-0.15, -0.1) is 0 Å². The second kappa shape index (κ2) is 7.43. The number of hydrogen-bond acceptors (Lipinski definition) is 3. The van der Waals surface area contributed by atoms with Gasteiger partial charge >= 0.3 is 0 Å². The van der Waals surface area contributed by atoms with Crippen molar-refractivity contribution in [2.24, 2.45) is 0 Å². The smallest absolute Gasteiger partial charge is 0.130 e. The molecule has 1 heterocycles. The average Bonchev–Trinajstić information content (AvgIpc) is 2.46. The maximum absolute atomic E-state index is 5.99. The second-order valence-electron chi connectivity index (χ2n) is 5.35. The zero-order chi connectivity index (χ0) is 15.2. The Kier molecular flexibility index (Phi) is 5.59. The van der Waals surface area contributed by atoms with Crippen molar-refractivity contribution in [2.75, 3.05) is 0 Å². The van der Waals surface area contributed by atoms with E-state index in [2.05, 4.69) is 24.1 Å². The highest BCUT2D eigenvalue weighted by molar-refractivity contribution is 6.30. The third-order valence-corrected chi connectivity index (χ3v) is 3.32. The third-order valence-electron chi connectivity index (χ3n) is 3.08. The fourth-order valence-corrected chi connectivity index (χ4v) is 2.06. The van der Waals surface area contributed by atoms with Crippen molar-refractivity contribution < 1.29 is 4.74 Å². The summed E-state index contributed by atoms with van der Waals surface area (Å²) < 4.78 is 5.82. The van der Waals surface area contributed by atoms with Crippen LogP contribution in [0.3, 0.4) is 0 Å². The Bertz CT molecular complexity index is 599. The summed E-state index contributed by atoms with van der Waals surface area (Å²) >= 11 is 5.99. The first-order chi connectivity index (χ1) is 10.0. The summed E-state index contributed by atoms with van der Waals surface area (Å²) in [5.74, 6) is 0.801. The normalized spacial score (nSPS) is 10.9. The van der Waals surface area contributed by atoms with Crippen LogP contribution < -0.4 is 10.1 Å². The van der Waals surface area contributed by atoms with Gasteiger partial charge in [0.2, 0.25) is 0 Å². The fourth-order valence-electron chi connectivity index (χ4n) is 1.90. The van der Waals surface area contributed by atoms with Gasteiger partial charge in [-0.05, 0) is 36.8 Å². The van der Waals surface area contributed by atoms with Gasteiger partial charge in [-0.1, -0.05) is 37.6 Å². The first-order valence-corrected chi connectivity index (χ1v) is 7.49. The van der Waals surface area contributed by atoms with E-state index in [1.807, 2.05) is 43.3 Å². The molecule has 4 heteroatoms. The molecule has 0 unspecified atom stereocenters. The minimum Gasteiger partial charge on any atom is -0.487 e. The van der Waals surface area contributed by atoms with Gasteiger partial charge in [-0.25, -0.2) is 0 Å². The number of pyridine rings is 1. The van der Waals surface area contributed by atoms with Gasteiger partial charge in [-0.3, -0.25) is 4.98 Å². The second-order valence-corrected chi connectivity index (χ2v) is 5.79. The topological polar surface area (TPSA) is 34.1 Å². The zero-order valence-electron chi connectivity index (χ0n) is 12.7. The van der Waals surface area contributed by atoms with E-state index in [1.54, 1.807) is 0 Å². The fraction of sp³-hybridized carbons (Fsp3) is 0.353. The predicted octanol–water partition coefficient (Wildman–Crippen LogP) is 4.12. The number of nitrogens with one attached hydrogen (secondary N) is 1. The summed E-state index contributed by atoms with van der Waals surface area (Å²) in [5, 5.41) is 4.04. The molecule has 0 amide bonds. The molecule has 0 fully saturated rings. The average molecular weight is 305 g/mol. The number of rotatable bonds is 6. The van der Waals surface area contributed by atoms with Crippen LogP contribution in [0.5, 0.6) is 5.75 Å². The van der Waals surface area contributed by atoms with Gasteiger partial charge in [0, 0.05) is 17.6 Å². The van der Waals surface area contributed by atoms with Crippen molar-refractivity contribution in [1.29, 1.82) is 0 Å². The van der Waals surface area contributed by atoms with Crippen molar-refractivity contribution in [1.82, 2.24) is 10.3 Å². The molecule has 2 rings (SSSR count). The first kappa shape index (κ1) is 15.8. The maximum atomic E-state index is 5.99. The van der Waals surface area contributed by atoms with Gasteiger partial charge in [0.05, 0.1) is 11.4 Å². The summed E-state index contributed by atoms with van der Waals surface area (Å²) in [6, 6.07) is 12.1. The van der Waals surface area contributed by atoms with Gasteiger partial charge in [-0.2, -0.15) is 0 Å². The monoisotopic (exact) mass is 304 g/mol. The summed E-state index contributed by atoms with van der Waals surface area (Å²) in [4.78, 5) is 4.59. The Morgan fingerprint density at radius 1 is 1.19 bits per heavy atom. The molecule has 0 saturated heterocycles. The molecule has 0 aliphatic heterocycles. The Labute approximate surface area is 131 Å². The number of halogens is 1. The molecule has 0 bridgehead atoms. The molecule has 3 nitrogen and oxygen atoms in total. The molecule has 0 saturated carbocycles. The lowest BCUT2D eigenvalue weighted by molar-refractivity contribution is 0.299. The lowest BCUT2D eigenvalue weighted by Gasteiger charge is -2.11. The van der Waals surface area contributed by atoms with Crippen molar-refractivity contribution >= 4 is 11.6 Å². The molecule has 112 valence electrons. The van der Waals surface area contributed by atoms with Crippen LogP contribution in [0.2, 0.25) is 5.02 Å². The molecule has 1 aromatic carbocycles. The van der Waals surface area contributed by atoms with E-state index >= 15 is 0 Å². The molecular formula is C17H21ClN2O. The van der Waals surface area contributed by atoms with E-state index in [-0.39, 0.29) is 0 Å². The molecule has 1 aromatic heterocycles. The van der Waals surface area contributed by atoms with Crippen LogP contribution in [-0.4, -0.2) is 11.0 Å². The van der Waals surface area contributed by atoms with E-state index in [4.69, 9.17) is 16.3 Å². The molecule has 0 aliphatic carbocycles. The number of aromatic nitrogens is 1. The van der Waals surface area contributed by atoms with Gasteiger partial charge < -0.3 is 10.1 Å². The number of benzene rings is 1. The molecule has 0 spiro atoms. The Morgan fingerprint density at radius 2 is 1.95 bits per heavy atom. The largest absolute Gasteiger partial charge is 0.487 e. The number of nitrogens with zero attached hydrogens (tertiary/aromatic N) is 1. The third kappa shape index (κ3) is 5.03. The molecule has 1 N–H and O–H groups in total. The highest BCUT2D eigenvalue weighted by Gasteiger charge is 2.03. The maximum Gasteiger partial charge on any atom is 0.130 e. The standard InChI is InChI=1S/C17H21ClN2O/c1-12(2)19-10-15-5-4-6-16(20-15)11-21-17-9-14(18)8-7-13(17)3/h4-9,12,19H,10-11H2,1-3H3. The lowest BCUT2D eigenvalue weighted by Crippen LogP contribution is -2.22. The lowest BCUT2D eigenvalue weighted by atomic mass is 10.2. The quantitative estimate of drug-likeness (QED) is 0.871. The van der Waals surface area contributed by atoms with Crippen molar-refractivity contribution in [3.8, 4) is 5.75 Å². The molecule has 2 aromatic rings. The van der Waals surface area contributed by atoms with Gasteiger partial charge in [0.15, 0.2) is 0 Å². The first-order valence-electron chi connectivity index (χ1n) is 7.12. The zero-order valence-corrected chi connectivity index (χ0v) is 13.4. The van der Waals surface area contributed by atoms with Crippen LogP contribution in [0.15, 0.2) is 36.4 Å². The molecular weight excluding hydrogens is 284 g/mol. The SMILES string of the molecule is Cc1ccc(Cl)cc1OCc1cccc(CNC(C)C)n1. The minimum atomic E-state index is 0.441. The van der Waals surface area contributed by atoms with Crippen LogP contribution in [-0.2, 0) is 13.2 Å². The number of ether oxygens (including phenoxy) is 1. The number of hydrogen-bond donors (Lipinski definition) is 1. The van der Waals surface area contributed by atoms with Crippen LogP contribution in [0.1, 0.15) is 30.8 Å². The highest BCUT2D eigenvalue weighted by atomic mass is 35.5. The van der Waals surface area contributed by atoms with E-state index < -0.39 is 0 Å². The minimum absolute atomic E-state index is 0.441. The van der Waals surface area contributed by atoms with E-state index in [1.165, 1.54) is 0 Å². The van der Waals surface area contributed by atoms with Gasteiger partial charge in [0.25, 0.3) is 0 Å². The van der Waals surface area contributed by atoms with E-state index in [0.717, 1.165) is 29.2 Å². The highest BCUT2D eigenvalue weighted by Crippen LogP contribution is 2.23.